The monoisotopic (exact) mass is 495 g/mol. The van der Waals surface area contributed by atoms with Gasteiger partial charge in [0.25, 0.3) is 0 Å². The molecule has 0 unspecified atom stereocenters. The molecule has 5 aromatic rings. The molecular formula is C28H22ClN5O2. The van der Waals surface area contributed by atoms with Crippen LogP contribution in [-0.2, 0) is 16.1 Å². The minimum Gasteiger partial charge on any atom is -0.456 e. The molecule has 0 aliphatic carbocycles. The summed E-state index contributed by atoms with van der Waals surface area (Å²) in [7, 11) is 0. The van der Waals surface area contributed by atoms with E-state index in [2.05, 4.69) is 10.3 Å². The molecule has 0 amide bonds. The van der Waals surface area contributed by atoms with Crippen molar-refractivity contribution in [2.45, 2.75) is 13.5 Å². The Balaban J connectivity index is 1.32. The van der Waals surface area contributed by atoms with Gasteiger partial charge < -0.3 is 4.74 Å². The maximum absolute atomic E-state index is 12.5. The largest absolute Gasteiger partial charge is 0.456 e. The number of rotatable bonds is 7. The molecule has 2 heterocycles. The molecule has 0 aliphatic heterocycles. The van der Waals surface area contributed by atoms with E-state index in [1.807, 2.05) is 92.0 Å². The van der Waals surface area contributed by atoms with Gasteiger partial charge >= 0.3 is 5.97 Å². The van der Waals surface area contributed by atoms with E-state index < -0.39 is 5.97 Å². The Bertz CT molecular complexity index is 1520. The molecule has 0 saturated carbocycles. The maximum atomic E-state index is 12.5. The second kappa shape index (κ2) is 10.4. The number of hydrogen-bond acceptors (Lipinski definition) is 5. The van der Waals surface area contributed by atoms with Gasteiger partial charge in [-0.3, -0.25) is 0 Å². The van der Waals surface area contributed by atoms with E-state index in [1.54, 1.807) is 21.6 Å². The molecule has 0 N–H and O–H groups in total. The molecule has 2 aromatic heterocycles. The minimum absolute atomic E-state index is 0.0162. The second-order valence-corrected chi connectivity index (χ2v) is 8.54. The molecule has 7 nitrogen and oxygen atoms in total. The molecule has 0 bridgehead atoms. The Labute approximate surface area is 213 Å². The molecule has 0 saturated heterocycles. The number of ether oxygens (including phenoxy) is 1. The molecule has 8 heteroatoms. The van der Waals surface area contributed by atoms with Gasteiger partial charge in [0.1, 0.15) is 12.3 Å². The van der Waals surface area contributed by atoms with Crippen LogP contribution in [0, 0.1) is 6.92 Å². The van der Waals surface area contributed by atoms with Crippen molar-refractivity contribution in [2.24, 2.45) is 0 Å². The average Bonchev–Trinajstić information content (AvgIpc) is 3.55. The van der Waals surface area contributed by atoms with Gasteiger partial charge in [-0.2, -0.15) is 5.10 Å². The highest BCUT2D eigenvalue weighted by Gasteiger charge is 2.12. The fraction of sp³-hybridized carbons (Fsp3) is 0.0714. The van der Waals surface area contributed by atoms with Crippen LogP contribution < -0.4 is 0 Å². The van der Waals surface area contributed by atoms with Crippen LogP contribution in [0.15, 0.2) is 97.3 Å². The van der Waals surface area contributed by atoms with Crippen LogP contribution in [-0.4, -0.2) is 30.7 Å². The topological polar surface area (TPSA) is 74.8 Å². The Hall–Kier alpha value is -4.49. The van der Waals surface area contributed by atoms with Crippen molar-refractivity contribution in [1.82, 2.24) is 24.8 Å². The average molecular weight is 496 g/mol. The molecule has 0 aliphatic rings. The Morgan fingerprint density at radius 2 is 1.69 bits per heavy atom. The zero-order valence-corrected chi connectivity index (χ0v) is 20.2. The summed E-state index contributed by atoms with van der Waals surface area (Å²) in [6, 6.07) is 25.0. The van der Waals surface area contributed by atoms with Gasteiger partial charge in [0.2, 0.25) is 0 Å². The fourth-order valence-electron chi connectivity index (χ4n) is 3.71. The van der Waals surface area contributed by atoms with Crippen molar-refractivity contribution in [1.29, 1.82) is 0 Å². The van der Waals surface area contributed by atoms with Crippen LogP contribution in [0.4, 0.5) is 0 Å². The first-order valence-electron chi connectivity index (χ1n) is 11.3. The number of aromatic nitrogens is 5. The highest BCUT2D eigenvalue weighted by Crippen LogP contribution is 2.26. The Morgan fingerprint density at radius 3 is 2.47 bits per heavy atom. The molecule has 0 radical (unpaired) electrons. The van der Waals surface area contributed by atoms with Crippen LogP contribution in [0.25, 0.3) is 28.7 Å². The quantitative estimate of drug-likeness (QED) is 0.209. The van der Waals surface area contributed by atoms with Gasteiger partial charge in [0.05, 0.1) is 23.3 Å². The molecule has 0 fully saturated rings. The smallest absolute Gasteiger partial charge is 0.331 e. The number of carbonyl (C=O) groups is 1. The van der Waals surface area contributed by atoms with E-state index in [9.17, 15) is 4.79 Å². The highest BCUT2D eigenvalue weighted by atomic mass is 35.5. The van der Waals surface area contributed by atoms with E-state index in [1.165, 1.54) is 6.08 Å². The number of esters is 1. The molecule has 3 aromatic carbocycles. The minimum atomic E-state index is -0.491. The van der Waals surface area contributed by atoms with Gasteiger partial charge in [0, 0.05) is 28.4 Å². The van der Waals surface area contributed by atoms with Crippen molar-refractivity contribution >= 4 is 23.6 Å². The first kappa shape index (κ1) is 23.3. The standard InChI is InChI=1S/C28H22ClN5O2/c1-20-7-5-6-10-26(20)34-18-24(30-32-34)19-36-27(35)16-13-22-17-33(25-8-3-2-4-9-25)31-28(22)21-11-14-23(29)15-12-21/h2-18H,19H2,1H3/b16-13+. The van der Waals surface area contributed by atoms with Gasteiger partial charge in [-0.25, -0.2) is 14.2 Å². The summed E-state index contributed by atoms with van der Waals surface area (Å²) >= 11 is 6.06. The third kappa shape index (κ3) is 5.26. The van der Waals surface area contributed by atoms with E-state index >= 15 is 0 Å². The van der Waals surface area contributed by atoms with Crippen LogP contribution >= 0.6 is 11.6 Å². The number of hydrogen-bond donors (Lipinski definition) is 0. The number of benzene rings is 3. The lowest BCUT2D eigenvalue weighted by Crippen LogP contribution is -2.01. The van der Waals surface area contributed by atoms with Gasteiger partial charge in [-0.05, 0) is 48.9 Å². The first-order valence-corrected chi connectivity index (χ1v) is 11.7. The van der Waals surface area contributed by atoms with Gasteiger partial charge in [0.15, 0.2) is 0 Å². The number of para-hydroxylation sites is 2. The highest BCUT2D eigenvalue weighted by molar-refractivity contribution is 6.30. The van der Waals surface area contributed by atoms with Crippen molar-refractivity contribution in [3.05, 3.63) is 119 Å². The normalized spacial score (nSPS) is 11.2. The SMILES string of the molecule is Cc1ccccc1-n1cc(COC(=O)/C=C/c2cn(-c3ccccc3)nc2-c2ccc(Cl)cc2)nn1. The second-order valence-electron chi connectivity index (χ2n) is 8.10. The van der Waals surface area contributed by atoms with Crippen LogP contribution in [0.5, 0.6) is 0 Å². The summed E-state index contributed by atoms with van der Waals surface area (Å²) in [6.07, 6.45) is 6.71. The fourth-order valence-corrected chi connectivity index (χ4v) is 3.83. The Morgan fingerprint density at radius 1 is 0.944 bits per heavy atom. The lowest BCUT2D eigenvalue weighted by atomic mass is 10.1. The molecule has 0 spiro atoms. The zero-order chi connectivity index (χ0) is 24.9. The van der Waals surface area contributed by atoms with Crippen molar-refractivity contribution in [3.63, 3.8) is 0 Å². The van der Waals surface area contributed by atoms with Crippen LogP contribution in [0.2, 0.25) is 5.02 Å². The Kier molecular flexibility index (Phi) is 6.73. The van der Waals surface area contributed by atoms with E-state index in [4.69, 9.17) is 21.4 Å². The van der Waals surface area contributed by atoms with Gasteiger partial charge in [-0.1, -0.05) is 65.3 Å². The predicted octanol–water partition coefficient (Wildman–Crippen LogP) is 5.84. The van der Waals surface area contributed by atoms with Crippen LogP contribution in [0.1, 0.15) is 16.8 Å². The number of aryl methyl sites for hydroxylation is 1. The molecule has 178 valence electrons. The third-order valence-corrected chi connectivity index (χ3v) is 5.80. The lowest BCUT2D eigenvalue weighted by Gasteiger charge is -2.03. The van der Waals surface area contributed by atoms with Gasteiger partial charge in [-0.15, -0.1) is 5.10 Å². The third-order valence-electron chi connectivity index (χ3n) is 5.55. The van der Waals surface area contributed by atoms with Crippen molar-refractivity contribution < 1.29 is 9.53 Å². The summed E-state index contributed by atoms with van der Waals surface area (Å²) in [4.78, 5) is 12.5. The number of nitrogens with zero attached hydrogens (tertiary/aromatic N) is 5. The molecular weight excluding hydrogens is 474 g/mol. The van der Waals surface area contributed by atoms with Crippen LogP contribution in [0.3, 0.4) is 0 Å². The van der Waals surface area contributed by atoms with E-state index in [0.717, 1.165) is 33.8 Å². The summed E-state index contributed by atoms with van der Waals surface area (Å²) < 4.78 is 8.84. The number of halogens is 1. The van der Waals surface area contributed by atoms with Crippen molar-refractivity contribution in [3.8, 4) is 22.6 Å². The lowest BCUT2D eigenvalue weighted by molar-refractivity contribution is -0.139. The number of carbonyl (C=O) groups excluding carboxylic acids is 1. The molecule has 36 heavy (non-hydrogen) atoms. The van der Waals surface area contributed by atoms with E-state index in [0.29, 0.717) is 10.7 Å². The summed E-state index contributed by atoms with van der Waals surface area (Å²) in [5.74, 6) is -0.491. The summed E-state index contributed by atoms with van der Waals surface area (Å²) in [5.41, 5.74) is 5.83. The summed E-state index contributed by atoms with van der Waals surface area (Å²) in [5, 5.41) is 13.6. The zero-order valence-electron chi connectivity index (χ0n) is 19.5. The first-order chi connectivity index (χ1) is 17.6. The molecule has 0 atom stereocenters. The van der Waals surface area contributed by atoms with E-state index in [-0.39, 0.29) is 6.61 Å². The summed E-state index contributed by atoms with van der Waals surface area (Å²) in [6.45, 7) is 2.02. The predicted molar refractivity (Wildman–Crippen MR) is 139 cm³/mol. The maximum Gasteiger partial charge on any atom is 0.331 e. The molecule has 5 rings (SSSR count). The van der Waals surface area contributed by atoms with Crippen molar-refractivity contribution in [2.75, 3.05) is 0 Å².